The second-order valence-corrected chi connectivity index (χ2v) is 6.19. The van der Waals surface area contributed by atoms with Gasteiger partial charge in [0.1, 0.15) is 0 Å². The van der Waals surface area contributed by atoms with Gasteiger partial charge >= 0.3 is 18.0 Å². The first-order chi connectivity index (χ1) is 13.5. The number of carbonyl (C=O) groups excluding carboxylic acids is 3. The predicted octanol–water partition coefficient (Wildman–Crippen LogP) is 2.72. The Morgan fingerprint density at radius 1 is 0.750 bits per heavy atom. The van der Waals surface area contributed by atoms with Gasteiger partial charge in [-0.15, -0.1) is 6.58 Å². The SMILES string of the molecule is C=C[C@H]1[C@@H](OC(N)=O)[C@H](OC(=O)c2ccccc2)[C@H]1OC(=O)c1ccccc1. The van der Waals surface area contributed by atoms with E-state index in [1.165, 1.54) is 6.08 Å². The molecule has 0 bridgehead atoms. The van der Waals surface area contributed by atoms with Crippen molar-refractivity contribution < 1.29 is 28.6 Å². The molecule has 7 heteroatoms. The van der Waals surface area contributed by atoms with Crippen LogP contribution < -0.4 is 5.73 Å². The molecule has 0 heterocycles. The summed E-state index contributed by atoms with van der Waals surface area (Å²) in [7, 11) is 0. The molecule has 0 radical (unpaired) electrons. The van der Waals surface area contributed by atoms with Gasteiger partial charge in [-0.3, -0.25) is 0 Å². The second-order valence-electron chi connectivity index (χ2n) is 6.19. The Balaban J connectivity index is 1.79. The molecule has 0 spiro atoms. The molecule has 4 atom stereocenters. The lowest BCUT2D eigenvalue weighted by molar-refractivity contribution is -0.179. The van der Waals surface area contributed by atoms with E-state index in [1.54, 1.807) is 60.7 Å². The van der Waals surface area contributed by atoms with Gasteiger partial charge in [-0.05, 0) is 24.3 Å². The van der Waals surface area contributed by atoms with Gasteiger partial charge in [-0.2, -0.15) is 0 Å². The molecule has 1 aliphatic carbocycles. The van der Waals surface area contributed by atoms with Crippen molar-refractivity contribution in [1.29, 1.82) is 0 Å². The van der Waals surface area contributed by atoms with Gasteiger partial charge in [-0.1, -0.05) is 42.5 Å². The van der Waals surface area contributed by atoms with Crippen molar-refractivity contribution in [3.8, 4) is 0 Å². The van der Waals surface area contributed by atoms with Crippen LogP contribution in [0.4, 0.5) is 4.79 Å². The molecule has 0 aliphatic heterocycles. The molecule has 1 amide bonds. The predicted molar refractivity (Wildman–Crippen MR) is 99.4 cm³/mol. The summed E-state index contributed by atoms with van der Waals surface area (Å²) in [6, 6.07) is 16.7. The van der Waals surface area contributed by atoms with Crippen LogP contribution in [0.5, 0.6) is 0 Å². The lowest BCUT2D eigenvalue weighted by Crippen LogP contribution is -2.64. The maximum atomic E-state index is 12.4. The van der Waals surface area contributed by atoms with Crippen molar-refractivity contribution in [2.75, 3.05) is 0 Å². The summed E-state index contributed by atoms with van der Waals surface area (Å²) in [5.41, 5.74) is 5.78. The van der Waals surface area contributed by atoms with E-state index < -0.39 is 42.3 Å². The molecule has 3 rings (SSSR count). The molecule has 7 nitrogen and oxygen atoms in total. The van der Waals surface area contributed by atoms with Gasteiger partial charge in [0.2, 0.25) is 0 Å². The number of nitrogens with two attached hydrogens (primary N) is 1. The number of primary amides is 1. The maximum Gasteiger partial charge on any atom is 0.404 e. The third-order valence-corrected chi connectivity index (χ3v) is 4.44. The van der Waals surface area contributed by atoms with Crippen LogP contribution in [0.25, 0.3) is 0 Å². The number of hydrogen-bond donors (Lipinski definition) is 1. The van der Waals surface area contributed by atoms with Crippen LogP contribution >= 0.6 is 0 Å². The van der Waals surface area contributed by atoms with Gasteiger partial charge in [0.15, 0.2) is 18.3 Å². The molecule has 0 saturated heterocycles. The molecule has 1 saturated carbocycles. The van der Waals surface area contributed by atoms with Crippen LogP contribution in [-0.4, -0.2) is 36.3 Å². The molecule has 1 fully saturated rings. The molecule has 28 heavy (non-hydrogen) atoms. The smallest absolute Gasteiger partial charge is 0.404 e. The van der Waals surface area contributed by atoms with Crippen LogP contribution in [0.3, 0.4) is 0 Å². The Bertz CT molecular complexity index is 867. The van der Waals surface area contributed by atoms with Gasteiger partial charge < -0.3 is 19.9 Å². The van der Waals surface area contributed by atoms with E-state index in [1.807, 2.05) is 0 Å². The molecule has 144 valence electrons. The van der Waals surface area contributed by atoms with E-state index in [0.717, 1.165) is 0 Å². The second kappa shape index (κ2) is 8.39. The quantitative estimate of drug-likeness (QED) is 0.469. The monoisotopic (exact) mass is 381 g/mol. The highest BCUT2D eigenvalue weighted by atomic mass is 16.6. The third kappa shape index (κ3) is 4.03. The Morgan fingerprint density at radius 2 is 1.18 bits per heavy atom. The standard InChI is InChI=1S/C21H19NO6/c1-2-15-16(26-19(23)13-9-5-3-6-10-13)18(17(15)28-21(22)25)27-20(24)14-11-7-4-8-12-14/h2-12,15-18H,1H2,(H2,22,25)/t15-,16+,17-,18-/m1/s1. The highest BCUT2D eigenvalue weighted by molar-refractivity contribution is 5.90. The molecule has 1 aliphatic rings. The van der Waals surface area contributed by atoms with Crippen molar-refractivity contribution in [2.24, 2.45) is 11.7 Å². The minimum atomic E-state index is -1.02. The number of esters is 2. The largest absolute Gasteiger partial charge is 0.454 e. The first kappa shape index (κ1) is 19.2. The summed E-state index contributed by atoms with van der Waals surface area (Å²) < 4.78 is 16.0. The highest BCUT2D eigenvalue weighted by Gasteiger charge is 2.56. The van der Waals surface area contributed by atoms with Crippen molar-refractivity contribution in [3.05, 3.63) is 84.4 Å². The first-order valence-corrected chi connectivity index (χ1v) is 8.62. The van der Waals surface area contributed by atoms with E-state index in [-0.39, 0.29) is 0 Å². The first-order valence-electron chi connectivity index (χ1n) is 8.62. The molecular weight excluding hydrogens is 362 g/mol. The normalized spacial score (nSPS) is 23.0. The fraction of sp³-hybridized carbons (Fsp3) is 0.190. The summed E-state index contributed by atoms with van der Waals surface area (Å²) in [5.74, 6) is -1.78. The van der Waals surface area contributed by atoms with Crippen LogP contribution in [-0.2, 0) is 14.2 Å². The lowest BCUT2D eigenvalue weighted by atomic mass is 9.75. The van der Waals surface area contributed by atoms with E-state index in [2.05, 4.69) is 6.58 Å². The lowest BCUT2D eigenvalue weighted by Gasteiger charge is -2.47. The van der Waals surface area contributed by atoms with Crippen LogP contribution in [0, 0.1) is 5.92 Å². The Morgan fingerprint density at radius 3 is 1.61 bits per heavy atom. The topological polar surface area (TPSA) is 105 Å². The van der Waals surface area contributed by atoms with Crippen LogP contribution in [0.15, 0.2) is 73.3 Å². The van der Waals surface area contributed by atoms with Crippen LogP contribution in [0.1, 0.15) is 20.7 Å². The number of ether oxygens (including phenoxy) is 3. The molecule has 2 aromatic carbocycles. The van der Waals surface area contributed by atoms with Gasteiger partial charge in [0.25, 0.3) is 0 Å². The average molecular weight is 381 g/mol. The molecular formula is C21H19NO6. The fourth-order valence-corrected chi connectivity index (χ4v) is 3.03. The number of hydrogen-bond acceptors (Lipinski definition) is 6. The van der Waals surface area contributed by atoms with E-state index in [4.69, 9.17) is 19.9 Å². The van der Waals surface area contributed by atoms with Crippen molar-refractivity contribution >= 4 is 18.0 Å². The summed E-state index contributed by atoms with van der Waals surface area (Å²) in [6.45, 7) is 3.68. The number of rotatable bonds is 6. The molecule has 2 aromatic rings. The Hall–Kier alpha value is -3.61. The summed E-state index contributed by atoms with van der Waals surface area (Å²) in [6.07, 6.45) is -2.30. The number of amides is 1. The molecule has 0 unspecified atom stereocenters. The maximum absolute atomic E-state index is 12.4. The molecule has 0 aromatic heterocycles. The zero-order valence-corrected chi connectivity index (χ0v) is 14.9. The van der Waals surface area contributed by atoms with Crippen molar-refractivity contribution in [3.63, 3.8) is 0 Å². The van der Waals surface area contributed by atoms with Crippen molar-refractivity contribution in [2.45, 2.75) is 18.3 Å². The Kier molecular flexibility index (Phi) is 5.74. The Labute approximate surface area is 161 Å². The average Bonchev–Trinajstić information content (AvgIpc) is 2.72. The minimum Gasteiger partial charge on any atom is -0.454 e. The molecule has 2 N–H and O–H groups in total. The van der Waals surface area contributed by atoms with Crippen molar-refractivity contribution in [1.82, 2.24) is 0 Å². The van der Waals surface area contributed by atoms with Gasteiger partial charge in [0, 0.05) is 0 Å². The number of carbonyl (C=O) groups is 3. The minimum absolute atomic E-state index is 0.315. The van der Waals surface area contributed by atoms with Crippen LogP contribution in [0.2, 0.25) is 0 Å². The van der Waals surface area contributed by atoms with Gasteiger partial charge in [-0.25, -0.2) is 14.4 Å². The fourth-order valence-electron chi connectivity index (χ4n) is 3.03. The summed E-state index contributed by atoms with van der Waals surface area (Å²) in [4.78, 5) is 36.1. The summed E-state index contributed by atoms with van der Waals surface area (Å²) >= 11 is 0. The highest BCUT2D eigenvalue weighted by Crippen LogP contribution is 2.38. The van der Waals surface area contributed by atoms with E-state index in [0.29, 0.717) is 11.1 Å². The van der Waals surface area contributed by atoms with Gasteiger partial charge in [0.05, 0.1) is 17.0 Å². The zero-order valence-electron chi connectivity index (χ0n) is 14.9. The zero-order chi connectivity index (χ0) is 20.1. The number of benzene rings is 2. The third-order valence-electron chi connectivity index (χ3n) is 4.44. The van der Waals surface area contributed by atoms with E-state index >= 15 is 0 Å². The van der Waals surface area contributed by atoms with E-state index in [9.17, 15) is 14.4 Å². The summed E-state index contributed by atoms with van der Waals surface area (Å²) in [5, 5.41) is 0.